The van der Waals surface area contributed by atoms with Crippen LogP contribution >= 0.6 is 15.9 Å². The Bertz CT molecular complexity index is 685. The third-order valence-electron chi connectivity index (χ3n) is 2.66. The number of carbonyl (C=O) groups excluding carboxylic acids is 2. The molecule has 0 N–H and O–H groups in total. The number of imide groups is 1. The van der Waals surface area contributed by atoms with E-state index in [4.69, 9.17) is 0 Å². The highest BCUT2D eigenvalue weighted by molar-refractivity contribution is 9.10. The zero-order valence-electron chi connectivity index (χ0n) is 9.30. The molecule has 2 amide bonds. The van der Waals surface area contributed by atoms with Gasteiger partial charge in [-0.05, 0) is 18.2 Å². The molecule has 0 bridgehead atoms. The van der Waals surface area contributed by atoms with Gasteiger partial charge in [0.1, 0.15) is 5.82 Å². The number of anilines is 1. The Kier molecular flexibility index (Phi) is 2.63. The van der Waals surface area contributed by atoms with E-state index in [0.29, 0.717) is 4.47 Å². The highest BCUT2D eigenvalue weighted by Gasteiger charge is 2.40. The Morgan fingerprint density at radius 3 is 2.16 bits per heavy atom. The first kappa shape index (κ1) is 11.9. The predicted octanol–water partition coefficient (Wildman–Crippen LogP) is 2.18. The van der Waals surface area contributed by atoms with Gasteiger partial charge in [0.05, 0.1) is 5.69 Å². The van der Waals surface area contributed by atoms with E-state index in [9.17, 15) is 14.0 Å². The maximum atomic E-state index is 13.9. The van der Waals surface area contributed by atoms with Crippen LogP contribution in [0.25, 0.3) is 0 Å². The highest BCUT2D eigenvalue weighted by atomic mass is 79.9. The van der Waals surface area contributed by atoms with Gasteiger partial charge in [-0.25, -0.2) is 19.3 Å². The molecule has 2 aromatic rings. The molecule has 94 valence electrons. The number of benzene rings is 1. The van der Waals surface area contributed by atoms with Crippen LogP contribution in [0.4, 0.5) is 10.1 Å². The molecule has 0 saturated heterocycles. The number of halogens is 2. The summed E-state index contributed by atoms with van der Waals surface area (Å²) in [7, 11) is 0. The lowest BCUT2D eigenvalue weighted by Crippen LogP contribution is -2.30. The quantitative estimate of drug-likeness (QED) is 0.755. The molecular weight excluding hydrogens is 317 g/mol. The number of nitrogens with zero attached hydrogens (tertiary/aromatic N) is 3. The second-order valence-electron chi connectivity index (χ2n) is 3.80. The lowest BCUT2D eigenvalue weighted by molar-refractivity contribution is 0.0922. The minimum Gasteiger partial charge on any atom is -0.266 e. The van der Waals surface area contributed by atoms with E-state index in [1.54, 1.807) is 6.07 Å². The molecule has 7 heteroatoms. The molecule has 1 aliphatic heterocycles. The SMILES string of the molecule is O=C1c2nccnc2C(=O)N1c1ccc(Br)cc1F. The second-order valence-corrected chi connectivity index (χ2v) is 4.71. The number of hydrogen-bond acceptors (Lipinski definition) is 4. The van der Waals surface area contributed by atoms with Gasteiger partial charge in [0.2, 0.25) is 0 Å². The molecule has 1 aliphatic rings. The van der Waals surface area contributed by atoms with Crippen LogP contribution in [-0.4, -0.2) is 21.8 Å². The van der Waals surface area contributed by atoms with Gasteiger partial charge in [0, 0.05) is 16.9 Å². The number of rotatable bonds is 1. The topological polar surface area (TPSA) is 63.2 Å². The number of fused-ring (bicyclic) bond motifs is 1. The first-order valence-corrected chi connectivity index (χ1v) is 6.04. The van der Waals surface area contributed by atoms with Crippen molar-refractivity contribution in [1.29, 1.82) is 0 Å². The standard InChI is InChI=1S/C12H5BrFN3O2/c13-6-1-2-8(7(14)5-6)17-11(18)9-10(12(17)19)16-4-3-15-9/h1-5H. The Balaban J connectivity index is 2.14. The third kappa shape index (κ3) is 1.74. The van der Waals surface area contributed by atoms with Crippen LogP contribution < -0.4 is 4.90 Å². The molecule has 3 rings (SSSR count). The van der Waals surface area contributed by atoms with Crippen molar-refractivity contribution in [3.05, 3.63) is 52.3 Å². The fourth-order valence-corrected chi connectivity index (χ4v) is 2.17. The summed E-state index contributed by atoms with van der Waals surface area (Å²) in [5, 5.41) is 0. The second kappa shape index (κ2) is 4.20. The summed E-state index contributed by atoms with van der Waals surface area (Å²) in [6.45, 7) is 0. The molecule has 5 nitrogen and oxygen atoms in total. The van der Waals surface area contributed by atoms with Gasteiger partial charge < -0.3 is 0 Å². The molecular formula is C12H5BrFN3O2. The zero-order chi connectivity index (χ0) is 13.6. The first-order valence-electron chi connectivity index (χ1n) is 5.24. The minimum atomic E-state index is -0.677. The van der Waals surface area contributed by atoms with Crippen LogP contribution in [0.5, 0.6) is 0 Å². The monoisotopic (exact) mass is 321 g/mol. The summed E-state index contributed by atoms with van der Waals surface area (Å²) in [5.74, 6) is -2.02. The van der Waals surface area contributed by atoms with Gasteiger partial charge in [0.15, 0.2) is 11.4 Å². The van der Waals surface area contributed by atoms with Gasteiger partial charge in [0.25, 0.3) is 11.8 Å². The lowest BCUT2D eigenvalue weighted by atomic mass is 10.3. The van der Waals surface area contributed by atoms with Gasteiger partial charge in [-0.2, -0.15) is 0 Å². The summed E-state index contributed by atoms with van der Waals surface area (Å²) < 4.78 is 14.4. The van der Waals surface area contributed by atoms with E-state index in [2.05, 4.69) is 25.9 Å². The maximum Gasteiger partial charge on any atom is 0.286 e. The fourth-order valence-electron chi connectivity index (χ4n) is 1.84. The van der Waals surface area contributed by atoms with E-state index < -0.39 is 17.6 Å². The van der Waals surface area contributed by atoms with Crippen LogP contribution in [-0.2, 0) is 0 Å². The van der Waals surface area contributed by atoms with Crippen molar-refractivity contribution in [2.75, 3.05) is 4.90 Å². The van der Waals surface area contributed by atoms with Crippen LogP contribution in [0.1, 0.15) is 21.0 Å². The van der Waals surface area contributed by atoms with E-state index in [0.717, 1.165) is 4.90 Å². The Morgan fingerprint density at radius 2 is 1.63 bits per heavy atom. The van der Waals surface area contributed by atoms with Crippen molar-refractivity contribution in [3.8, 4) is 0 Å². The summed E-state index contributed by atoms with van der Waals surface area (Å²) in [4.78, 5) is 32.5. The van der Waals surface area contributed by atoms with Crippen molar-refractivity contribution < 1.29 is 14.0 Å². The number of carbonyl (C=O) groups is 2. The minimum absolute atomic E-state index is 0.0604. The van der Waals surface area contributed by atoms with Gasteiger partial charge in [-0.15, -0.1) is 0 Å². The summed E-state index contributed by atoms with van der Waals surface area (Å²) in [6, 6.07) is 4.07. The molecule has 2 heterocycles. The van der Waals surface area contributed by atoms with E-state index in [1.807, 2.05) is 0 Å². The largest absolute Gasteiger partial charge is 0.286 e. The molecule has 0 aliphatic carbocycles. The number of aromatic nitrogens is 2. The third-order valence-corrected chi connectivity index (χ3v) is 3.15. The molecule has 0 fully saturated rings. The smallest absolute Gasteiger partial charge is 0.266 e. The summed E-state index contributed by atoms with van der Waals surface area (Å²) in [6.07, 6.45) is 2.62. The van der Waals surface area contributed by atoms with Crippen LogP contribution in [0, 0.1) is 5.82 Å². The number of hydrogen-bond donors (Lipinski definition) is 0. The molecule has 1 aromatic carbocycles. The molecule has 0 atom stereocenters. The van der Waals surface area contributed by atoms with Gasteiger partial charge >= 0.3 is 0 Å². The van der Waals surface area contributed by atoms with Gasteiger partial charge in [-0.1, -0.05) is 15.9 Å². The maximum absolute atomic E-state index is 13.9. The average molecular weight is 322 g/mol. The van der Waals surface area contributed by atoms with Crippen molar-refractivity contribution >= 4 is 33.4 Å². The molecule has 0 saturated carbocycles. The summed E-state index contributed by atoms with van der Waals surface area (Å²) >= 11 is 3.11. The Morgan fingerprint density at radius 1 is 1.05 bits per heavy atom. The molecule has 0 radical (unpaired) electrons. The van der Waals surface area contributed by atoms with E-state index in [-0.39, 0.29) is 17.1 Å². The number of amides is 2. The van der Waals surface area contributed by atoms with Crippen molar-refractivity contribution in [3.63, 3.8) is 0 Å². The normalized spacial score (nSPS) is 13.9. The van der Waals surface area contributed by atoms with Crippen LogP contribution in [0.15, 0.2) is 35.1 Å². The van der Waals surface area contributed by atoms with Crippen LogP contribution in [0.2, 0.25) is 0 Å². The van der Waals surface area contributed by atoms with Crippen molar-refractivity contribution in [1.82, 2.24) is 9.97 Å². The molecule has 0 spiro atoms. The molecule has 1 aromatic heterocycles. The summed E-state index contributed by atoms with van der Waals surface area (Å²) in [5.41, 5.74) is -0.234. The van der Waals surface area contributed by atoms with E-state index in [1.165, 1.54) is 24.5 Å². The van der Waals surface area contributed by atoms with Crippen molar-refractivity contribution in [2.45, 2.75) is 0 Å². The highest BCUT2D eigenvalue weighted by Crippen LogP contribution is 2.29. The first-order chi connectivity index (χ1) is 9.09. The van der Waals surface area contributed by atoms with Gasteiger partial charge in [-0.3, -0.25) is 9.59 Å². The van der Waals surface area contributed by atoms with Crippen molar-refractivity contribution in [2.24, 2.45) is 0 Å². The average Bonchev–Trinajstić information content (AvgIpc) is 2.64. The molecule has 0 unspecified atom stereocenters. The Labute approximate surface area is 115 Å². The lowest BCUT2D eigenvalue weighted by Gasteiger charge is -2.14. The predicted molar refractivity (Wildman–Crippen MR) is 67.3 cm³/mol. The molecule has 19 heavy (non-hydrogen) atoms. The zero-order valence-corrected chi connectivity index (χ0v) is 10.9. The van der Waals surface area contributed by atoms with Crippen LogP contribution in [0.3, 0.4) is 0 Å². The Hall–Kier alpha value is -2.15. The van der Waals surface area contributed by atoms with E-state index >= 15 is 0 Å². The fraction of sp³-hybridized carbons (Fsp3) is 0.